The Morgan fingerprint density at radius 3 is 2.63 bits per heavy atom. The van der Waals surface area contributed by atoms with Crippen LogP contribution in [0.2, 0.25) is 0 Å². The molecule has 0 aromatic carbocycles. The molecule has 0 spiro atoms. The third-order valence-electron chi connectivity index (χ3n) is 4.47. The minimum atomic E-state index is -0.556. The Bertz CT molecular complexity index is 647. The first-order valence-electron chi connectivity index (χ1n) is 10.4. The molecule has 0 fully saturated rings. The maximum atomic E-state index is 12.6. The van der Waals surface area contributed by atoms with Crippen molar-refractivity contribution in [2.45, 2.75) is 52.4 Å². The summed E-state index contributed by atoms with van der Waals surface area (Å²) < 4.78 is 5.09. The first-order valence-corrected chi connectivity index (χ1v) is 10.4. The second-order valence-electron chi connectivity index (χ2n) is 7.07. The van der Waals surface area contributed by atoms with Gasteiger partial charge in [-0.3, -0.25) is 25.6 Å². The molecule has 11 heteroatoms. The number of unbranched alkanes of at least 4 members (excludes halogenated alkanes) is 2. The number of aryl methyl sites for hydroxylation is 1. The summed E-state index contributed by atoms with van der Waals surface area (Å²) in [7, 11) is 3.48. The van der Waals surface area contributed by atoms with Gasteiger partial charge in [-0.25, -0.2) is 5.06 Å². The Morgan fingerprint density at radius 1 is 1.23 bits per heavy atom. The predicted octanol–water partition coefficient (Wildman–Crippen LogP) is 1.39. The number of nitrogens with one attached hydrogen (secondary N) is 2. The Kier molecular flexibility index (Phi) is 12.3. The molecular formula is C19H35N7O4. The van der Waals surface area contributed by atoms with Crippen LogP contribution in [-0.4, -0.2) is 71.4 Å². The number of nitrogens with zero attached hydrogens (tertiary/aromatic N) is 5. The van der Waals surface area contributed by atoms with E-state index in [1.807, 2.05) is 18.9 Å². The van der Waals surface area contributed by atoms with Crippen molar-refractivity contribution >= 4 is 24.2 Å². The lowest BCUT2D eigenvalue weighted by atomic mass is 10.0. The number of hydrogen-bond donors (Lipinski definition) is 3. The molecule has 1 atom stereocenters. The fourth-order valence-corrected chi connectivity index (χ4v) is 2.73. The smallest absolute Gasteiger partial charge is 0.246 e. The minimum absolute atomic E-state index is 0.0793. The number of hydrogen-bond acceptors (Lipinski definition) is 9. The van der Waals surface area contributed by atoms with Crippen LogP contribution in [0.5, 0.6) is 0 Å². The summed E-state index contributed by atoms with van der Waals surface area (Å²) in [5, 5.41) is 9.99. The molecule has 0 radical (unpaired) electrons. The average molecular weight is 426 g/mol. The molecule has 0 saturated carbocycles. The van der Waals surface area contributed by atoms with Crippen LogP contribution in [0.4, 0.5) is 11.9 Å². The van der Waals surface area contributed by atoms with E-state index in [0.717, 1.165) is 25.7 Å². The number of hydrazine groups is 1. The average Bonchev–Trinajstić information content (AvgIpc) is 2.75. The number of hydroxylamine groups is 2. The summed E-state index contributed by atoms with van der Waals surface area (Å²) in [5.74, 6) is 0.415. The third kappa shape index (κ3) is 9.31. The van der Waals surface area contributed by atoms with E-state index in [-0.39, 0.29) is 18.4 Å². The molecule has 0 aliphatic rings. The van der Waals surface area contributed by atoms with Gasteiger partial charge in [0.25, 0.3) is 0 Å². The topological polar surface area (TPSA) is 133 Å². The molecule has 2 amide bonds. The number of amides is 2. The molecule has 0 aliphatic carbocycles. The molecule has 30 heavy (non-hydrogen) atoms. The van der Waals surface area contributed by atoms with Gasteiger partial charge in [-0.2, -0.15) is 15.0 Å². The van der Waals surface area contributed by atoms with Gasteiger partial charge in [-0.1, -0.05) is 33.1 Å². The molecule has 1 aromatic rings. The van der Waals surface area contributed by atoms with Gasteiger partial charge in [-0.05, 0) is 12.8 Å². The third-order valence-corrected chi connectivity index (χ3v) is 4.47. The van der Waals surface area contributed by atoms with E-state index in [4.69, 9.17) is 4.74 Å². The van der Waals surface area contributed by atoms with Crippen LogP contribution in [0.25, 0.3) is 0 Å². The Labute approximate surface area is 178 Å². The number of anilines is 2. The van der Waals surface area contributed by atoms with Crippen LogP contribution in [0.3, 0.4) is 0 Å². The molecule has 1 unspecified atom stereocenters. The van der Waals surface area contributed by atoms with Gasteiger partial charge in [0.05, 0.1) is 19.1 Å². The molecule has 170 valence electrons. The van der Waals surface area contributed by atoms with E-state index >= 15 is 0 Å². The number of likely N-dealkylation sites (N-methyl/N-ethyl adjacent to an activating group) is 1. The van der Waals surface area contributed by atoms with Crippen LogP contribution in [0.15, 0.2) is 0 Å². The number of methoxy groups -OCH3 is 1. The minimum Gasteiger partial charge on any atom is -0.383 e. The number of aromatic nitrogens is 3. The van der Waals surface area contributed by atoms with Gasteiger partial charge in [0.1, 0.15) is 5.82 Å². The molecule has 0 saturated heterocycles. The van der Waals surface area contributed by atoms with E-state index in [2.05, 4.69) is 32.7 Å². The first-order chi connectivity index (χ1) is 14.4. The fourth-order valence-electron chi connectivity index (χ4n) is 2.73. The molecule has 3 N–H and O–H groups in total. The van der Waals surface area contributed by atoms with Crippen molar-refractivity contribution in [3.63, 3.8) is 0 Å². The molecule has 1 aromatic heterocycles. The van der Waals surface area contributed by atoms with Gasteiger partial charge < -0.3 is 9.64 Å². The number of ether oxygens (including phenoxy) is 1. The molecular weight excluding hydrogens is 390 g/mol. The predicted molar refractivity (Wildman–Crippen MR) is 113 cm³/mol. The van der Waals surface area contributed by atoms with Crippen LogP contribution in [0, 0.1) is 5.92 Å². The van der Waals surface area contributed by atoms with Crippen molar-refractivity contribution < 1.29 is 19.5 Å². The zero-order valence-corrected chi connectivity index (χ0v) is 18.4. The van der Waals surface area contributed by atoms with E-state index in [0.29, 0.717) is 49.2 Å². The lowest BCUT2D eigenvalue weighted by Gasteiger charge is -2.20. The molecule has 1 rings (SSSR count). The largest absolute Gasteiger partial charge is 0.383 e. The fraction of sp³-hybridized carbons (Fsp3) is 0.737. The zero-order valence-electron chi connectivity index (χ0n) is 18.4. The number of carbonyl (C=O) groups is 2. The lowest BCUT2D eigenvalue weighted by Crippen LogP contribution is -2.40. The first kappa shape index (κ1) is 25.5. The van der Waals surface area contributed by atoms with Gasteiger partial charge >= 0.3 is 0 Å². The van der Waals surface area contributed by atoms with Crippen LogP contribution in [0.1, 0.15) is 51.8 Å². The summed E-state index contributed by atoms with van der Waals surface area (Å²) in [5.41, 5.74) is 5.34. The monoisotopic (exact) mass is 425 g/mol. The summed E-state index contributed by atoms with van der Waals surface area (Å²) in [4.78, 5) is 38.4. The summed E-state index contributed by atoms with van der Waals surface area (Å²) >= 11 is 0. The van der Waals surface area contributed by atoms with E-state index < -0.39 is 5.92 Å². The Hall–Kier alpha value is -2.53. The number of rotatable bonds is 16. The van der Waals surface area contributed by atoms with Crippen molar-refractivity contribution in [2.24, 2.45) is 5.92 Å². The van der Waals surface area contributed by atoms with Crippen molar-refractivity contribution in [1.29, 1.82) is 0 Å². The second-order valence-corrected chi connectivity index (χ2v) is 7.07. The van der Waals surface area contributed by atoms with Crippen LogP contribution >= 0.6 is 0 Å². The molecule has 0 aliphatic heterocycles. The van der Waals surface area contributed by atoms with E-state index in [9.17, 15) is 14.8 Å². The summed E-state index contributed by atoms with van der Waals surface area (Å²) in [6.45, 7) is 5.15. The SMILES string of the molecule is CCCCCC(CN(O)C=O)C(=O)NNc1nc(CCC)nc(N(C)CCOC)n1. The van der Waals surface area contributed by atoms with Crippen LogP contribution < -0.4 is 15.8 Å². The highest BCUT2D eigenvalue weighted by Gasteiger charge is 2.21. The van der Waals surface area contributed by atoms with Gasteiger partial charge in [0, 0.05) is 27.1 Å². The van der Waals surface area contributed by atoms with Crippen molar-refractivity contribution in [3.8, 4) is 0 Å². The van der Waals surface area contributed by atoms with Gasteiger partial charge in [0.15, 0.2) is 0 Å². The highest BCUT2D eigenvalue weighted by molar-refractivity contribution is 5.80. The maximum Gasteiger partial charge on any atom is 0.246 e. The molecule has 11 nitrogen and oxygen atoms in total. The summed E-state index contributed by atoms with van der Waals surface area (Å²) in [6.07, 6.45) is 5.18. The molecule has 0 bridgehead atoms. The van der Waals surface area contributed by atoms with Crippen molar-refractivity contribution in [2.75, 3.05) is 44.2 Å². The highest BCUT2D eigenvalue weighted by Crippen LogP contribution is 2.13. The van der Waals surface area contributed by atoms with Crippen LogP contribution in [-0.2, 0) is 20.7 Å². The standard InChI is InChI=1S/C19H35N7O4/c1-5-7-8-10-15(13-26(29)14-27)17(28)23-24-18-20-16(9-6-2)21-19(22-18)25(3)11-12-30-4/h14-15,29H,5-13H2,1-4H3,(H,23,28)(H,20,21,22,24). The lowest BCUT2D eigenvalue weighted by molar-refractivity contribution is -0.154. The highest BCUT2D eigenvalue weighted by atomic mass is 16.5. The maximum absolute atomic E-state index is 12.6. The van der Waals surface area contributed by atoms with E-state index in [1.54, 1.807) is 7.11 Å². The van der Waals surface area contributed by atoms with Gasteiger partial charge in [0.2, 0.25) is 24.2 Å². The quantitative estimate of drug-likeness (QED) is 0.155. The Morgan fingerprint density at radius 2 is 2.00 bits per heavy atom. The van der Waals surface area contributed by atoms with Crippen molar-refractivity contribution in [1.82, 2.24) is 25.4 Å². The molecule has 1 heterocycles. The van der Waals surface area contributed by atoms with E-state index in [1.165, 1.54) is 0 Å². The number of carbonyl (C=O) groups excluding carboxylic acids is 2. The normalized spacial score (nSPS) is 11.6. The second kappa shape index (κ2) is 14.5. The zero-order chi connectivity index (χ0) is 22.4. The van der Waals surface area contributed by atoms with Gasteiger partial charge in [-0.15, -0.1) is 0 Å². The van der Waals surface area contributed by atoms with Crippen molar-refractivity contribution in [3.05, 3.63) is 5.82 Å². The summed E-state index contributed by atoms with van der Waals surface area (Å²) in [6, 6.07) is 0. The Balaban J connectivity index is 2.85.